The number of carbonyl (C=O) groups excluding carboxylic acids is 2. The van der Waals surface area contributed by atoms with E-state index in [1.54, 1.807) is 36.4 Å². The fourth-order valence-electron chi connectivity index (χ4n) is 2.34. The highest BCUT2D eigenvalue weighted by Gasteiger charge is 2.15. The number of halogens is 2. The van der Waals surface area contributed by atoms with Crippen molar-refractivity contribution in [3.63, 3.8) is 0 Å². The van der Waals surface area contributed by atoms with Crippen LogP contribution in [0.2, 0.25) is 5.02 Å². The van der Waals surface area contributed by atoms with Gasteiger partial charge in [-0.05, 0) is 42.0 Å². The molecular formula is C20H16ClFN4O2S. The molecule has 3 rings (SSSR count). The van der Waals surface area contributed by atoms with Gasteiger partial charge >= 0.3 is 0 Å². The second-order valence-electron chi connectivity index (χ2n) is 5.98. The minimum absolute atomic E-state index is 0.0502. The predicted octanol–water partition coefficient (Wildman–Crippen LogP) is 4.77. The summed E-state index contributed by atoms with van der Waals surface area (Å²) >= 11 is 7.40. The molecule has 0 aliphatic heterocycles. The van der Waals surface area contributed by atoms with E-state index in [4.69, 9.17) is 11.6 Å². The quantitative estimate of drug-likeness (QED) is 0.434. The third-order valence-electron chi connectivity index (χ3n) is 3.68. The van der Waals surface area contributed by atoms with E-state index in [-0.39, 0.29) is 22.4 Å². The third-order valence-corrected chi connectivity index (χ3v) is 4.89. The molecule has 0 aliphatic rings. The smallest absolute Gasteiger partial charge is 0.275 e. The second kappa shape index (κ2) is 9.49. The van der Waals surface area contributed by atoms with Gasteiger partial charge in [0, 0.05) is 24.1 Å². The van der Waals surface area contributed by atoms with E-state index in [1.807, 2.05) is 0 Å². The lowest BCUT2D eigenvalue weighted by Crippen LogP contribution is -2.15. The number of carbonyl (C=O) groups is 2. The molecule has 29 heavy (non-hydrogen) atoms. The highest BCUT2D eigenvalue weighted by molar-refractivity contribution is 7.98. The molecule has 148 valence electrons. The first-order chi connectivity index (χ1) is 13.9. The van der Waals surface area contributed by atoms with Crippen LogP contribution in [0, 0.1) is 5.82 Å². The van der Waals surface area contributed by atoms with Gasteiger partial charge in [-0.3, -0.25) is 9.59 Å². The Morgan fingerprint density at radius 2 is 1.66 bits per heavy atom. The van der Waals surface area contributed by atoms with Gasteiger partial charge in [-0.15, -0.1) is 0 Å². The summed E-state index contributed by atoms with van der Waals surface area (Å²) in [6.07, 6.45) is 1.37. The Hall–Kier alpha value is -2.97. The Labute approximate surface area is 175 Å². The van der Waals surface area contributed by atoms with E-state index < -0.39 is 5.91 Å². The first kappa shape index (κ1) is 20.8. The second-order valence-corrected chi connectivity index (χ2v) is 7.33. The molecule has 3 aromatic rings. The fourth-order valence-corrected chi connectivity index (χ4v) is 3.29. The Bertz CT molecular complexity index is 1030. The Morgan fingerprint density at radius 1 is 1.03 bits per heavy atom. The molecule has 0 radical (unpaired) electrons. The maximum absolute atomic E-state index is 13.0. The normalized spacial score (nSPS) is 10.4. The number of anilines is 2. The summed E-state index contributed by atoms with van der Waals surface area (Å²) in [5.41, 5.74) is 2.10. The summed E-state index contributed by atoms with van der Waals surface area (Å²) in [7, 11) is 0. The number of benzene rings is 2. The van der Waals surface area contributed by atoms with Crippen LogP contribution in [0.3, 0.4) is 0 Å². The van der Waals surface area contributed by atoms with Crippen LogP contribution in [0.1, 0.15) is 23.0 Å². The van der Waals surface area contributed by atoms with E-state index in [0.29, 0.717) is 22.3 Å². The molecule has 0 aliphatic carbocycles. The van der Waals surface area contributed by atoms with E-state index >= 15 is 0 Å². The molecule has 0 saturated carbocycles. The van der Waals surface area contributed by atoms with E-state index in [9.17, 15) is 14.0 Å². The molecular weight excluding hydrogens is 415 g/mol. The molecule has 2 amide bonds. The first-order valence-corrected chi connectivity index (χ1v) is 9.86. The average molecular weight is 431 g/mol. The van der Waals surface area contributed by atoms with Gasteiger partial charge in [0.15, 0.2) is 10.9 Å². The summed E-state index contributed by atoms with van der Waals surface area (Å²) in [4.78, 5) is 32.0. The topological polar surface area (TPSA) is 84.0 Å². The number of aromatic nitrogens is 2. The molecule has 9 heteroatoms. The number of nitrogens with one attached hydrogen (secondary N) is 2. The summed E-state index contributed by atoms with van der Waals surface area (Å²) in [5.74, 6) is -0.438. The van der Waals surface area contributed by atoms with Crippen molar-refractivity contribution in [2.45, 2.75) is 17.8 Å². The maximum atomic E-state index is 13.0. The van der Waals surface area contributed by atoms with Gasteiger partial charge in [0.25, 0.3) is 5.91 Å². The molecule has 0 atom stereocenters. The fraction of sp³-hybridized carbons (Fsp3) is 0.100. The van der Waals surface area contributed by atoms with Crippen LogP contribution in [-0.2, 0) is 10.5 Å². The van der Waals surface area contributed by atoms with Crippen molar-refractivity contribution in [1.82, 2.24) is 9.97 Å². The van der Waals surface area contributed by atoms with Crippen LogP contribution in [0.4, 0.5) is 15.8 Å². The van der Waals surface area contributed by atoms with Crippen molar-refractivity contribution in [1.29, 1.82) is 0 Å². The summed E-state index contributed by atoms with van der Waals surface area (Å²) in [6.45, 7) is 1.42. The molecule has 1 aromatic heterocycles. The van der Waals surface area contributed by atoms with Gasteiger partial charge in [-0.2, -0.15) is 0 Å². The third kappa shape index (κ3) is 6.00. The molecule has 0 unspecified atom stereocenters. The zero-order valence-electron chi connectivity index (χ0n) is 15.3. The Kier molecular flexibility index (Phi) is 6.79. The largest absolute Gasteiger partial charge is 0.326 e. The van der Waals surface area contributed by atoms with Crippen LogP contribution in [0.5, 0.6) is 0 Å². The van der Waals surface area contributed by atoms with Crippen LogP contribution in [0.25, 0.3) is 0 Å². The average Bonchev–Trinajstić information content (AvgIpc) is 2.69. The zero-order chi connectivity index (χ0) is 20.8. The van der Waals surface area contributed by atoms with Crippen molar-refractivity contribution < 1.29 is 14.0 Å². The van der Waals surface area contributed by atoms with Crippen LogP contribution < -0.4 is 10.6 Å². The van der Waals surface area contributed by atoms with Gasteiger partial charge in [-0.1, -0.05) is 35.5 Å². The van der Waals surface area contributed by atoms with E-state index in [1.165, 1.54) is 37.0 Å². The lowest BCUT2D eigenvalue weighted by atomic mass is 10.2. The predicted molar refractivity (Wildman–Crippen MR) is 112 cm³/mol. The molecule has 2 aromatic carbocycles. The Balaban J connectivity index is 1.67. The van der Waals surface area contributed by atoms with Crippen molar-refractivity contribution in [2.24, 2.45) is 0 Å². The van der Waals surface area contributed by atoms with Gasteiger partial charge < -0.3 is 10.6 Å². The van der Waals surface area contributed by atoms with Crippen LogP contribution in [-0.4, -0.2) is 21.8 Å². The number of nitrogens with zero attached hydrogens (tertiary/aromatic N) is 2. The summed E-state index contributed by atoms with van der Waals surface area (Å²) in [5, 5.41) is 5.86. The molecule has 2 N–H and O–H groups in total. The van der Waals surface area contributed by atoms with E-state index in [0.717, 1.165) is 5.56 Å². The van der Waals surface area contributed by atoms with Gasteiger partial charge in [0.2, 0.25) is 5.91 Å². The number of thioether (sulfide) groups is 1. The minimum atomic E-state index is -0.478. The SMILES string of the molecule is CC(=O)Nc1ccc(NC(=O)c2nc(SCc3ccc(F)cc3)ncc2Cl)cc1. The number of hydrogen-bond donors (Lipinski definition) is 2. The van der Waals surface area contributed by atoms with E-state index in [2.05, 4.69) is 20.6 Å². The minimum Gasteiger partial charge on any atom is -0.326 e. The highest BCUT2D eigenvalue weighted by atomic mass is 35.5. The maximum Gasteiger partial charge on any atom is 0.275 e. The van der Waals surface area contributed by atoms with Gasteiger partial charge in [0.05, 0.1) is 11.2 Å². The zero-order valence-corrected chi connectivity index (χ0v) is 16.9. The van der Waals surface area contributed by atoms with Crippen LogP contribution >= 0.6 is 23.4 Å². The first-order valence-electron chi connectivity index (χ1n) is 8.49. The summed E-state index contributed by atoms with van der Waals surface area (Å²) < 4.78 is 13.0. The standard InChI is InChI=1S/C20H16ClFN4O2S/c1-12(27)24-15-6-8-16(9-7-15)25-19(28)18-17(21)10-23-20(26-18)29-11-13-2-4-14(22)5-3-13/h2-10H,11H2,1H3,(H,24,27)(H,25,28). The molecule has 0 spiro atoms. The molecule has 1 heterocycles. The van der Waals surface area contributed by atoms with Crippen molar-refractivity contribution in [2.75, 3.05) is 10.6 Å². The molecule has 0 saturated heterocycles. The van der Waals surface area contributed by atoms with Crippen molar-refractivity contribution in [3.05, 3.63) is 76.8 Å². The molecule has 6 nitrogen and oxygen atoms in total. The van der Waals surface area contributed by atoms with Gasteiger partial charge in [0.1, 0.15) is 5.82 Å². The van der Waals surface area contributed by atoms with Crippen molar-refractivity contribution in [3.8, 4) is 0 Å². The molecule has 0 fully saturated rings. The number of hydrogen-bond acceptors (Lipinski definition) is 5. The van der Waals surface area contributed by atoms with Gasteiger partial charge in [-0.25, -0.2) is 14.4 Å². The summed E-state index contributed by atoms with van der Waals surface area (Å²) in [6, 6.07) is 12.8. The monoisotopic (exact) mass is 430 g/mol. The molecule has 0 bridgehead atoms. The number of rotatable bonds is 6. The lowest BCUT2D eigenvalue weighted by molar-refractivity contribution is -0.114. The van der Waals surface area contributed by atoms with Crippen LogP contribution in [0.15, 0.2) is 59.9 Å². The number of amides is 2. The lowest BCUT2D eigenvalue weighted by Gasteiger charge is -2.08. The highest BCUT2D eigenvalue weighted by Crippen LogP contribution is 2.23. The Morgan fingerprint density at radius 3 is 2.28 bits per heavy atom. The van der Waals surface area contributed by atoms with Crippen molar-refractivity contribution >= 4 is 46.6 Å².